The first kappa shape index (κ1) is 10.3. The summed E-state index contributed by atoms with van der Waals surface area (Å²) in [5.74, 6) is 2.05. The maximum Gasteiger partial charge on any atom is 0.148 e. The third-order valence-corrected chi connectivity index (χ3v) is 2.15. The number of nitrogen functional groups attached to an aromatic ring is 1. The zero-order valence-electron chi connectivity index (χ0n) is 8.96. The number of nitrogens with zero attached hydrogens (tertiary/aromatic N) is 5. The van der Waals surface area contributed by atoms with E-state index in [1.165, 1.54) is 0 Å². The van der Waals surface area contributed by atoms with E-state index >= 15 is 0 Å². The van der Waals surface area contributed by atoms with Crippen LogP contribution < -0.4 is 11.1 Å². The van der Waals surface area contributed by atoms with Crippen molar-refractivity contribution >= 4 is 11.6 Å². The van der Waals surface area contributed by atoms with Crippen LogP contribution in [0, 0.1) is 0 Å². The Bertz CT molecular complexity index is 447. The fourth-order valence-electron chi connectivity index (χ4n) is 1.27. The molecule has 0 atom stereocenters. The van der Waals surface area contributed by atoms with Crippen molar-refractivity contribution in [1.29, 1.82) is 0 Å². The van der Waals surface area contributed by atoms with E-state index in [0.717, 1.165) is 18.8 Å². The van der Waals surface area contributed by atoms with Gasteiger partial charge in [-0.15, -0.1) is 20.4 Å². The van der Waals surface area contributed by atoms with Gasteiger partial charge in [0.05, 0.1) is 0 Å². The molecular weight excluding hydrogens is 206 g/mol. The third kappa shape index (κ3) is 2.44. The van der Waals surface area contributed by atoms with Gasteiger partial charge in [-0.3, -0.25) is 0 Å². The minimum atomic E-state index is 0.416. The first-order chi connectivity index (χ1) is 7.75. The van der Waals surface area contributed by atoms with E-state index in [0.29, 0.717) is 11.6 Å². The summed E-state index contributed by atoms with van der Waals surface area (Å²) >= 11 is 0. The summed E-state index contributed by atoms with van der Waals surface area (Å²) in [6, 6.07) is 3.50. The summed E-state index contributed by atoms with van der Waals surface area (Å²) in [4.78, 5) is 0. The van der Waals surface area contributed by atoms with Gasteiger partial charge in [0.25, 0.3) is 0 Å². The largest absolute Gasteiger partial charge is 0.382 e. The summed E-state index contributed by atoms with van der Waals surface area (Å²) in [5, 5.41) is 18.5. The Hall–Kier alpha value is -2.18. The zero-order valence-corrected chi connectivity index (χ0v) is 8.96. The summed E-state index contributed by atoms with van der Waals surface area (Å²) in [6.07, 6.45) is 2.46. The van der Waals surface area contributed by atoms with Gasteiger partial charge < -0.3 is 15.6 Å². The molecule has 2 aromatic heterocycles. The molecule has 0 bridgehead atoms. The summed E-state index contributed by atoms with van der Waals surface area (Å²) < 4.78 is 1.89. The lowest BCUT2D eigenvalue weighted by Gasteiger charge is -2.04. The van der Waals surface area contributed by atoms with E-state index in [9.17, 15) is 0 Å². The van der Waals surface area contributed by atoms with Crippen molar-refractivity contribution in [3.63, 3.8) is 0 Å². The van der Waals surface area contributed by atoms with Crippen LogP contribution >= 0.6 is 0 Å². The average molecular weight is 219 g/mol. The Labute approximate surface area is 92.7 Å². The Balaban J connectivity index is 1.84. The number of anilines is 2. The molecule has 7 heteroatoms. The monoisotopic (exact) mass is 219 g/mol. The van der Waals surface area contributed by atoms with Crippen LogP contribution in [0.2, 0.25) is 0 Å². The lowest BCUT2D eigenvalue weighted by Crippen LogP contribution is -2.10. The SMILES string of the molecule is Cn1cnnc1CCNc1ccc(N)nn1. The first-order valence-corrected chi connectivity index (χ1v) is 4.91. The topological polar surface area (TPSA) is 94.5 Å². The maximum atomic E-state index is 5.43. The van der Waals surface area contributed by atoms with Crippen molar-refractivity contribution in [3.05, 3.63) is 24.3 Å². The number of rotatable bonds is 4. The van der Waals surface area contributed by atoms with E-state index < -0.39 is 0 Å². The molecule has 84 valence electrons. The minimum Gasteiger partial charge on any atom is -0.382 e. The van der Waals surface area contributed by atoms with E-state index in [-0.39, 0.29) is 0 Å². The molecule has 0 aromatic carbocycles. The summed E-state index contributed by atoms with van der Waals surface area (Å²) in [6.45, 7) is 0.727. The molecule has 0 saturated heterocycles. The predicted octanol–water partition coefficient (Wildman–Crippen LogP) is -0.158. The molecule has 0 aliphatic heterocycles. The van der Waals surface area contributed by atoms with Gasteiger partial charge in [-0.1, -0.05) is 0 Å². The highest BCUT2D eigenvalue weighted by atomic mass is 15.2. The smallest absolute Gasteiger partial charge is 0.148 e. The fraction of sp³-hybridized carbons (Fsp3) is 0.333. The number of nitrogens with one attached hydrogen (secondary N) is 1. The molecule has 2 aromatic rings. The standard InChI is InChI=1S/C9H13N7/c1-16-6-12-15-9(16)4-5-11-8-3-2-7(10)13-14-8/h2-3,6H,4-5H2,1H3,(H2,10,13)(H,11,14). The quantitative estimate of drug-likeness (QED) is 0.742. The van der Waals surface area contributed by atoms with Gasteiger partial charge in [-0.25, -0.2) is 0 Å². The Kier molecular flexibility index (Phi) is 2.95. The van der Waals surface area contributed by atoms with Crippen molar-refractivity contribution in [3.8, 4) is 0 Å². The van der Waals surface area contributed by atoms with Crippen molar-refractivity contribution < 1.29 is 0 Å². The molecule has 0 unspecified atom stereocenters. The lowest BCUT2D eigenvalue weighted by atomic mass is 10.4. The molecule has 0 aliphatic carbocycles. The molecule has 16 heavy (non-hydrogen) atoms. The van der Waals surface area contributed by atoms with Crippen LogP contribution in [0.15, 0.2) is 18.5 Å². The highest BCUT2D eigenvalue weighted by Gasteiger charge is 2.00. The van der Waals surface area contributed by atoms with Crippen LogP contribution in [0.25, 0.3) is 0 Å². The molecular formula is C9H13N7. The molecule has 3 N–H and O–H groups in total. The van der Waals surface area contributed by atoms with Crippen molar-refractivity contribution in [2.75, 3.05) is 17.6 Å². The molecule has 0 fully saturated rings. The van der Waals surface area contributed by atoms with Crippen LogP contribution in [0.1, 0.15) is 5.82 Å². The summed E-state index contributed by atoms with van der Waals surface area (Å²) in [5.41, 5.74) is 5.43. The van der Waals surface area contributed by atoms with Crippen LogP contribution in [-0.4, -0.2) is 31.5 Å². The second-order valence-electron chi connectivity index (χ2n) is 3.38. The van der Waals surface area contributed by atoms with E-state index in [4.69, 9.17) is 5.73 Å². The van der Waals surface area contributed by atoms with Gasteiger partial charge >= 0.3 is 0 Å². The number of aryl methyl sites for hydroxylation is 1. The first-order valence-electron chi connectivity index (χ1n) is 4.91. The van der Waals surface area contributed by atoms with Crippen molar-refractivity contribution in [2.45, 2.75) is 6.42 Å². The highest BCUT2D eigenvalue weighted by molar-refractivity contribution is 5.38. The molecule has 0 saturated carbocycles. The third-order valence-electron chi connectivity index (χ3n) is 2.15. The van der Waals surface area contributed by atoms with Crippen LogP contribution in [0.3, 0.4) is 0 Å². The average Bonchev–Trinajstić information content (AvgIpc) is 2.68. The molecule has 7 nitrogen and oxygen atoms in total. The van der Waals surface area contributed by atoms with E-state index in [1.54, 1.807) is 18.5 Å². The van der Waals surface area contributed by atoms with Crippen LogP contribution in [0.5, 0.6) is 0 Å². The zero-order chi connectivity index (χ0) is 11.4. The second kappa shape index (κ2) is 4.56. The molecule has 0 spiro atoms. The molecule has 2 heterocycles. The van der Waals surface area contributed by atoms with Gasteiger partial charge in [0.15, 0.2) is 0 Å². The Morgan fingerprint density at radius 2 is 2.19 bits per heavy atom. The van der Waals surface area contributed by atoms with Gasteiger partial charge in [0, 0.05) is 20.0 Å². The molecule has 0 amide bonds. The Morgan fingerprint density at radius 1 is 1.31 bits per heavy atom. The highest BCUT2D eigenvalue weighted by Crippen LogP contribution is 2.02. The van der Waals surface area contributed by atoms with Gasteiger partial charge in [-0.05, 0) is 12.1 Å². The molecule has 0 aliphatic rings. The number of nitrogens with two attached hydrogens (primary N) is 1. The fourth-order valence-corrected chi connectivity index (χ4v) is 1.27. The van der Waals surface area contributed by atoms with Crippen molar-refractivity contribution in [2.24, 2.45) is 7.05 Å². The normalized spacial score (nSPS) is 10.3. The predicted molar refractivity (Wildman–Crippen MR) is 59.6 cm³/mol. The second-order valence-corrected chi connectivity index (χ2v) is 3.38. The number of hydrogen-bond acceptors (Lipinski definition) is 6. The molecule has 2 rings (SSSR count). The lowest BCUT2D eigenvalue weighted by molar-refractivity contribution is 0.786. The van der Waals surface area contributed by atoms with Gasteiger partial charge in [0.1, 0.15) is 23.8 Å². The number of hydrogen-bond donors (Lipinski definition) is 2. The van der Waals surface area contributed by atoms with E-state index in [2.05, 4.69) is 25.7 Å². The van der Waals surface area contributed by atoms with Gasteiger partial charge in [0.2, 0.25) is 0 Å². The van der Waals surface area contributed by atoms with Crippen molar-refractivity contribution in [1.82, 2.24) is 25.0 Å². The van der Waals surface area contributed by atoms with Crippen LogP contribution in [-0.2, 0) is 13.5 Å². The van der Waals surface area contributed by atoms with Gasteiger partial charge in [-0.2, -0.15) is 0 Å². The molecule has 0 radical (unpaired) electrons. The Morgan fingerprint density at radius 3 is 2.81 bits per heavy atom. The number of aromatic nitrogens is 5. The van der Waals surface area contributed by atoms with E-state index in [1.807, 2.05) is 11.6 Å². The van der Waals surface area contributed by atoms with Crippen LogP contribution in [0.4, 0.5) is 11.6 Å². The maximum absolute atomic E-state index is 5.43. The summed E-state index contributed by atoms with van der Waals surface area (Å²) in [7, 11) is 1.92. The minimum absolute atomic E-state index is 0.416.